The Hall–Kier alpha value is -1.82. The van der Waals surface area contributed by atoms with Gasteiger partial charge in [0.05, 0.1) is 11.9 Å². The fraction of sp³-hybridized carbons (Fsp3) is 0.571. The molecule has 0 radical (unpaired) electrons. The van der Waals surface area contributed by atoms with E-state index < -0.39 is 5.97 Å². The molecule has 0 aliphatic carbocycles. The number of pyridine rings is 1. The number of fused-ring (bicyclic) bond motifs is 1. The van der Waals surface area contributed by atoms with Crippen LogP contribution in [0.2, 0.25) is 0 Å². The Morgan fingerprint density at radius 1 is 1.50 bits per heavy atom. The van der Waals surface area contributed by atoms with Crippen LogP contribution in [0.1, 0.15) is 30.1 Å². The van der Waals surface area contributed by atoms with Gasteiger partial charge in [-0.3, -0.25) is 4.90 Å². The van der Waals surface area contributed by atoms with Crippen molar-refractivity contribution in [3.8, 4) is 0 Å². The summed E-state index contributed by atoms with van der Waals surface area (Å²) in [6, 6.07) is 2.28. The molecule has 0 aromatic carbocycles. The van der Waals surface area contributed by atoms with Gasteiger partial charge in [0.1, 0.15) is 11.4 Å². The summed E-state index contributed by atoms with van der Waals surface area (Å²) >= 11 is 0. The van der Waals surface area contributed by atoms with Crippen molar-refractivity contribution in [3.63, 3.8) is 0 Å². The predicted octanol–water partition coefficient (Wildman–Crippen LogP) is 1.03. The van der Waals surface area contributed by atoms with Crippen molar-refractivity contribution in [1.82, 2.24) is 9.88 Å². The fourth-order valence-electron chi connectivity index (χ4n) is 3.34. The molecule has 1 aromatic rings. The van der Waals surface area contributed by atoms with Gasteiger partial charge in [-0.1, -0.05) is 0 Å². The zero-order valence-electron chi connectivity index (χ0n) is 11.6. The summed E-state index contributed by atoms with van der Waals surface area (Å²) < 4.78 is 0. The quantitative estimate of drug-likeness (QED) is 0.839. The molecular weight excluding hydrogens is 256 g/mol. The number of carboxylic acids is 1. The Labute approximate surface area is 118 Å². The smallest absolute Gasteiger partial charge is 0.339 e. The van der Waals surface area contributed by atoms with Crippen LogP contribution in [0.25, 0.3) is 0 Å². The van der Waals surface area contributed by atoms with Crippen LogP contribution in [0.3, 0.4) is 0 Å². The minimum atomic E-state index is -0.971. The monoisotopic (exact) mass is 276 g/mol. The van der Waals surface area contributed by atoms with E-state index in [-0.39, 0.29) is 11.6 Å². The van der Waals surface area contributed by atoms with E-state index in [1.54, 1.807) is 0 Å². The molecule has 2 fully saturated rings. The molecule has 3 heterocycles. The number of anilines is 2. The number of hydrogen-bond acceptors (Lipinski definition) is 5. The van der Waals surface area contributed by atoms with Gasteiger partial charge >= 0.3 is 5.97 Å². The van der Waals surface area contributed by atoms with Crippen LogP contribution in [-0.2, 0) is 0 Å². The van der Waals surface area contributed by atoms with Crippen molar-refractivity contribution in [1.29, 1.82) is 0 Å². The van der Waals surface area contributed by atoms with E-state index in [1.807, 2.05) is 0 Å². The number of nitrogen functional groups attached to an aromatic ring is 1. The van der Waals surface area contributed by atoms with Crippen LogP contribution in [-0.4, -0.2) is 52.7 Å². The Kier molecular flexibility index (Phi) is 3.25. The normalized spacial score (nSPS) is 26.6. The summed E-state index contributed by atoms with van der Waals surface area (Å²) in [4.78, 5) is 20.3. The summed E-state index contributed by atoms with van der Waals surface area (Å²) in [5, 5.41) is 9.36. The lowest BCUT2D eigenvalue weighted by Gasteiger charge is -2.43. The number of nitrogens with zero attached hydrogens (tertiary/aromatic N) is 3. The number of aromatic carboxylic acids is 1. The number of hydrogen-bond donors (Lipinski definition) is 2. The molecular formula is C14H20N4O2. The molecule has 0 bridgehead atoms. The summed E-state index contributed by atoms with van der Waals surface area (Å²) in [7, 11) is 0. The first-order chi connectivity index (χ1) is 9.56. The number of rotatable bonds is 2. The zero-order chi connectivity index (χ0) is 14.3. The van der Waals surface area contributed by atoms with E-state index in [0.29, 0.717) is 17.5 Å². The average molecular weight is 276 g/mol. The van der Waals surface area contributed by atoms with E-state index in [2.05, 4.69) is 21.7 Å². The highest BCUT2D eigenvalue weighted by atomic mass is 16.4. The molecule has 0 amide bonds. The van der Waals surface area contributed by atoms with Crippen molar-refractivity contribution in [3.05, 3.63) is 17.8 Å². The standard InChI is InChI=1S/C14H20N4O2/c1-9-7-17-4-2-3-11(17)8-18(9)13-12(14(19)20)5-10(15)6-16-13/h5-6,9,11H,2-4,7-8,15H2,1H3,(H,19,20). The average Bonchev–Trinajstić information content (AvgIpc) is 2.85. The van der Waals surface area contributed by atoms with Gasteiger partial charge < -0.3 is 15.7 Å². The lowest BCUT2D eigenvalue weighted by atomic mass is 10.1. The third kappa shape index (κ3) is 2.20. The van der Waals surface area contributed by atoms with Crippen molar-refractivity contribution in [2.75, 3.05) is 30.3 Å². The van der Waals surface area contributed by atoms with Gasteiger partial charge in [-0.15, -0.1) is 0 Å². The molecule has 2 saturated heterocycles. The molecule has 2 aliphatic heterocycles. The third-order valence-electron chi connectivity index (χ3n) is 4.33. The highest BCUT2D eigenvalue weighted by Crippen LogP contribution is 2.30. The maximum Gasteiger partial charge on any atom is 0.339 e. The highest BCUT2D eigenvalue weighted by molar-refractivity contribution is 5.94. The summed E-state index contributed by atoms with van der Waals surface area (Å²) in [6.45, 7) is 5.09. The molecule has 2 aliphatic rings. The minimum Gasteiger partial charge on any atom is -0.478 e. The Bertz CT molecular complexity index is 534. The lowest BCUT2D eigenvalue weighted by molar-refractivity contribution is 0.0696. The van der Waals surface area contributed by atoms with E-state index in [1.165, 1.54) is 25.1 Å². The van der Waals surface area contributed by atoms with Gasteiger partial charge in [0.2, 0.25) is 0 Å². The van der Waals surface area contributed by atoms with Crippen molar-refractivity contribution in [2.24, 2.45) is 0 Å². The first-order valence-corrected chi connectivity index (χ1v) is 7.06. The first-order valence-electron chi connectivity index (χ1n) is 7.06. The summed E-state index contributed by atoms with van der Waals surface area (Å²) in [6.07, 6.45) is 3.95. The highest BCUT2D eigenvalue weighted by Gasteiger charge is 2.36. The Morgan fingerprint density at radius 3 is 3.05 bits per heavy atom. The molecule has 20 heavy (non-hydrogen) atoms. The second-order valence-electron chi connectivity index (χ2n) is 5.74. The molecule has 3 rings (SSSR count). The number of aromatic nitrogens is 1. The van der Waals surface area contributed by atoms with Crippen molar-refractivity contribution in [2.45, 2.75) is 31.8 Å². The lowest BCUT2D eigenvalue weighted by Crippen LogP contribution is -2.55. The zero-order valence-corrected chi connectivity index (χ0v) is 11.6. The van der Waals surface area contributed by atoms with E-state index >= 15 is 0 Å². The molecule has 6 nitrogen and oxygen atoms in total. The van der Waals surface area contributed by atoms with E-state index in [4.69, 9.17) is 5.73 Å². The number of carbonyl (C=O) groups is 1. The molecule has 3 N–H and O–H groups in total. The van der Waals surface area contributed by atoms with Gasteiger partial charge in [-0.25, -0.2) is 9.78 Å². The Morgan fingerprint density at radius 2 is 2.30 bits per heavy atom. The summed E-state index contributed by atoms with van der Waals surface area (Å²) in [5.41, 5.74) is 6.25. The minimum absolute atomic E-state index is 0.197. The van der Waals surface area contributed by atoms with Crippen LogP contribution >= 0.6 is 0 Å². The first kappa shape index (κ1) is 13.2. The molecule has 6 heteroatoms. The molecule has 0 saturated carbocycles. The fourth-order valence-corrected chi connectivity index (χ4v) is 3.34. The Balaban J connectivity index is 1.93. The van der Waals surface area contributed by atoms with Crippen molar-refractivity contribution >= 4 is 17.5 Å². The summed E-state index contributed by atoms with van der Waals surface area (Å²) in [5.74, 6) is -0.424. The van der Waals surface area contributed by atoms with Crippen LogP contribution in [0.15, 0.2) is 12.3 Å². The molecule has 2 atom stereocenters. The van der Waals surface area contributed by atoms with Gasteiger partial charge in [-0.2, -0.15) is 0 Å². The van der Waals surface area contributed by atoms with Crippen molar-refractivity contribution < 1.29 is 9.90 Å². The molecule has 1 aromatic heterocycles. The van der Waals surface area contributed by atoms with Gasteiger partial charge in [0.25, 0.3) is 0 Å². The van der Waals surface area contributed by atoms with E-state index in [9.17, 15) is 9.90 Å². The third-order valence-corrected chi connectivity index (χ3v) is 4.33. The van der Waals surface area contributed by atoms with Crippen LogP contribution in [0, 0.1) is 0 Å². The maximum absolute atomic E-state index is 11.4. The molecule has 2 unspecified atom stereocenters. The maximum atomic E-state index is 11.4. The largest absolute Gasteiger partial charge is 0.478 e. The SMILES string of the molecule is CC1CN2CCCC2CN1c1ncc(N)cc1C(=O)O. The number of piperazine rings is 1. The van der Waals surface area contributed by atoms with Gasteiger partial charge in [-0.05, 0) is 32.4 Å². The van der Waals surface area contributed by atoms with Gasteiger partial charge in [0.15, 0.2) is 0 Å². The van der Waals surface area contributed by atoms with Crippen LogP contribution in [0.4, 0.5) is 11.5 Å². The second-order valence-corrected chi connectivity index (χ2v) is 5.74. The number of nitrogens with two attached hydrogens (primary N) is 1. The van der Waals surface area contributed by atoms with E-state index in [0.717, 1.165) is 19.6 Å². The van der Waals surface area contributed by atoms with Crippen LogP contribution in [0.5, 0.6) is 0 Å². The van der Waals surface area contributed by atoms with Gasteiger partial charge in [0, 0.05) is 25.2 Å². The topological polar surface area (TPSA) is 82.7 Å². The predicted molar refractivity (Wildman–Crippen MR) is 77.0 cm³/mol. The number of carboxylic acid groups (broad SMARTS) is 1. The van der Waals surface area contributed by atoms with Crippen LogP contribution < -0.4 is 10.6 Å². The second kappa shape index (κ2) is 4.94. The molecule has 108 valence electrons. The molecule has 0 spiro atoms.